The number of halogens is 1. The Morgan fingerprint density at radius 2 is 2.20 bits per heavy atom. The van der Waals surface area contributed by atoms with Gasteiger partial charge in [0.2, 0.25) is 0 Å². The first-order chi connectivity index (χ1) is 9.56. The predicted octanol–water partition coefficient (Wildman–Crippen LogP) is 2.16. The summed E-state index contributed by atoms with van der Waals surface area (Å²) in [6.45, 7) is -0.133. The molecule has 0 unspecified atom stereocenters. The van der Waals surface area contributed by atoms with E-state index in [2.05, 4.69) is 0 Å². The fraction of sp³-hybridized carbons (Fsp3) is 0.429. The molecule has 108 valence electrons. The van der Waals surface area contributed by atoms with Gasteiger partial charge in [0.1, 0.15) is 0 Å². The van der Waals surface area contributed by atoms with Gasteiger partial charge in [-0.2, -0.15) is 0 Å². The van der Waals surface area contributed by atoms with Crippen molar-refractivity contribution >= 4 is 23.8 Å². The number of carbonyl (C=O) groups is 2. The number of methoxy groups -OCH3 is 1. The number of rotatable bonds is 6. The number of ether oxygens (including phenoxy) is 2. The van der Waals surface area contributed by atoms with E-state index < -0.39 is 0 Å². The van der Waals surface area contributed by atoms with Crippen molar-refractivity contribution in [3.05, 3.63) is 22.7 Å². The smallest absolute Gasteiger partial charge is 0.260 e. The second-order valence-corrected chi connectivity index (χ2v) is 5.11. The van der Waals surface area contributed by atoms with E-state index in [0.717, 1.165) is 12.8 Å². The summed E-state index contributed by atoms with van der Waals surface area (Å²) in [6.07, 6.45) is 2.69. The minimum atomic E-state index is -0.133. The van der Waals surface area contributed by atoms with Gasteiger partial charge in [-0.25, -0.2) is 0 Å². The van der Waals surface area contributed by atoms with Crippen molar-refractivity contribution in [3.8, 4) is 11.5 Å². The zero-order valence-corrected chi connectivity index (χ0v) is 12.1. The molecule has 0 saturated heterocycles. The Morgan fingerprint density at radius 3 is 2.75 bits per heavy atom. The van der Waals surface area contributed by atoms with Gasteiger partial charge in [0.25, 0.3) is 5.91 Å². The first-order valence-electron chi connectivity index (χ1n) is 6.28. The zero-order chi connectivity index (χ0) is 14.7. The molecule has 2 rings (SSSR count). The number of benzene rings is 1. The van der Waals surface area contributed by atoms with Gasteiger partial charge in [0.15, 0.2) is 24.4 Å². The lowest BCUT2D eigenvalue weighted by Gasteiger charge is -2.18. The average Bonchev–Trinajstić information content (AvgIpc) is 3.28. The molecule has 1 fully saturated rings. The third-order valence-corrected chi connectivity index (χ3v) is 3.44. The van der Waals surface area contributed by atoms with Gasteiger partial charge >= 0.3 is 0 Å². The van der Waals surface area contributed by atoms with Gasteiger partial charge in [-0.1, -0.05) is 11.6 Å². The minimum absolute atomic E-state index is 0.124. The molecule has 6 heteroatoms. The molecule has 0 heterocycles. The highest BCUT2D eigenvalue weighted by molar-refractivity contribution is 6.31. The lowest BCUT2D eigenvalue weighted by Crippen LogP contribution is -2.33. The summed E-state index contributed by atoms with van der Waals surface area (Å²) in [5.41, 5.74) is 0.260. The van der Waals surface area contributed by atoms with Crippen LogP contribution in [0.15, 0.2) is 12.1 Å². The van der Waals surface area contributed by atoms with Crippen molar-refractivity contribution in [3.63, 3.8) is 0 Å². The molecule has 1 aliphatic rings. The highest BCUT2D eigenvalue weighted by Crippen LogP contribution is 2.34. The van der Waals surface area contributed by atoms with E-state index >= 15 is 0 Å². The summed E-state index contributed by atoms with van der Waals surface area (Å²) in [5, 5.41) is 0.373. The van der Waals surface area contributed by atoms with Crippen molar-refractivity contribution < 1.29 is 19.1 Å². The van der Waals surface area contributed by atoms with Gasteiger partial charge in [-0.3, -0.25) is 9.59 Å². The summed E-state index contributed by atoms with van der Waals surface area (Å²) in [4.78, 5) is 24.6. The number of likely N-dealkylation sites (N-methyl/N-ethyl adjacent to an activating group) is 1. The number of hydrogen-bond acceptors (Lipinski definition) is 4. The molecule has 0 aromatic heterocycles. The molecule has 0 bridgehead atoms. The van der Waals surface area contributed by atoms with Crippen molar-refractivity contribution in [1.29, 1.82) is 0 Å². The Morgan fingerprint density at radius 1 is 1.50 bits per heavy atom. The van der Waals surface area contributed by atoms with E-state index in [1.807, 2.05) is 0 Å². The predicted molar refractivity (Wildman–Crippen MR) is 74.7 cm³/mol. The van der Waals surface area contributed by atoms with Crippen LogP contribution in [0.1, 0.15) is 23.2 Å². The van der Waals surface area contributed by atoms with E-state index in [0.29, 0.717) is 23.1 Å². The van der Waals surface area contributed by atoms with Crippen LogP contribution in [0.25, 0.3) is 0 Å². The van der Waals surface area contributed by atoms with Crippen molar-refractivity contribution in [2.45, 2.75) is 18.9 Å². The summed E-state index contributed by atoms with van der Waals surface area (Å²) >= 11 is 5.87. The van der Waals surface area contributed by atoms with Crippen LogP contribution in [-0.4, -0.2) is 43.9 Å². The van der Waals surface area contributed by atoms with Gasteiger partial charge in [0, 0.05) is 24.2 Å². The molecule has 0 atom stereocenters. The summed E-state index contributed by atoms with van der Waals surface area (Å²) in [7, 11) is 3.20. The molecule has 1 aromatic rings. The second kappa shape index (κ2) is 6.13. The van der Waals surface area contributed by atoms with Crippen LogP contribution in [-0.2, 0) is 4.79 Å². The number of amides is 1. The van der Waals surface area contributed by atoms with E-state index in [-0.39, 0.29) is 23.8 Å². The van der Waals surface area contributed by atoms with E-state index in [1.165, 1.54) is 13.2 Å². The maximum atomic E-state index is 11.9. The van der Waals surface area contributed by atoms with Gasteiger partial charge in [0.05, 0.1) is 12.7 Å². The first kappa shape index (κ1) is 14.7. The van der Waals surface area contributed by atoms with Crippen LogP contribution in [0.2, 0.25) is 5.02 Å². The molecule has 1 saturated carbocycles. The fourth-order valence-electron chi connectivity index (χ4n) is 1.88. The zero-order valence-electron chi connectivity index (χ0n) is 11.4. The Labute approximate surface area is 122 Å². The van der Waals surface area contributed by atoms with Crippen LogP contribution < -0.4 is 9.47 Å². The van der Waals surface area contributed by atoms with Gasteiger partial charge in [-0.15, -0.1) is 0 Å². The first-order valence-corrected chi connectivity index (χ1v) is 6.65. The molecular weight excluding hydrogens is 282 g/mol. The van der Waals surface area contributed by atoms with Crippen molar-refractivity contribution in [1.82, 2.24) is 4.90 Å². The monoisotopic (exact) mass is 297 g/mol. The van der Waals surface area contributed by atoms with E-state index in [9.17, 15) is 9.59 Å². The third kappa shape index (κ3) is 3.22. The number of nitrogens with zero attached hydrogens (tertiary/aromatic N) is 1. The van der Waals surface area contributed by atoms with E-state index in [1.54, 1.807) is 18.0 Å². The van der Waals surface area contributed by atoms with Crippen LogP contribution in [0, 0.1) is 0 Å². The molecule has 1 amide bonds. The third-order valence-electron chi connectivity index (χ3n) is 3.22. The molecular formula is C14H16ClNO4. The normalized spacial score (nSPS) is 13.8. The molecule has 20 heavy (non-hydrogen) atoms. The summed E-state index contributed by atoms with van der Waals surface area (Å²) in [5.74, 6) is 0.451. The maximum absolute atomic E-state index is 11.9. The average molecular weight is 298 g/mol. The van der Waals surface area contributed by atoms with Gasteiger partial charge in [-0.05, 0) is 18.9 Å². The molecule has 0 radical (unpaired) electrons. The molecule has 5 nitrogen and oxygen atoms in total. The largest absolute Gasteiger partial charge is 0.493 e. The van der Waals surface area contributed by atoms with Crippen LogP contribution >= 0.6 is 11.6 Å². The topological polar surface area (TPSA) is 55.8 Å². The Hall–Kier alpha value is -1.75. The highest BCUT2D eigenvalue weighted by atomic mass is 35.5. The van der Waals surface area contributed by atoms with Crippen LogP contribution in [0.5, 0.6) is 11.5 Å². The van der Waals surface area contributed by atoms with Crippen LogP contribution in [0.4, 0.5) is 0 Å². The quantitative estimate of drug-likeness (QED) is 0.755. The molecule has 1 aromatic carbocycles. The minimum Gasteiger partial charge on any atom is -0.493 e. The van der Waals surface area contributed by atoms with Gasteiger partial charge < -0.3 is 14.4 Å². The Balaban J connectivity index is 2.11. The molecule has 0 spiro atoms. The molecule has 0 aliphatic heterocycles. The molecule has 1 aliphatic carbocycles. The Bertz CT molecular complexity index is 528. The van der Waals surface area contributed by atoms with E-state index in [4.69, 9.17) is 21.1 Å². The maximum Gasteiger partial charge on any atom is 0.260 e. The molecule has 0 N–H and O–H groups in total. The number of aldehydes is 1. The SMILES string of the molecule is COc1cc(Cl)cc(C=O)c1OCC(=O)N(C)C1CC1. The Kier molecular flexibility index (Phi) is 4.49. The number of hydrogen-bond donors (Lipinski definition) is 0. The lowest BCUT2D eigenvalue weighted by atomic mass is 10.2. The van der Waals surface area contributed by atoms with Crippen molar-refractivity contribution in [2.75, 3.05) is 20.8 Å². The summed E-state index contributed by atoms with van der Waals surface area (Å²) in [6, 6.07) is 3.34. The summed E-state index contributed by atoms with van der Waals surface area (Å²) < 4.78 is 10.6. The lowest BCUT2D eigenvalue weighted by molar-refractivity contribution is -0.132. The standard InChI is InChI=1S/C14H16ClNO4/c1-16(11-3-4-11)13(18)8-20-14-9(7-17)5-10(15)6-12(14)19-2/h5-7,11H,3-4,8H2,1-2H3. The van der Waals surface area contributed by atoms with Crippen LogP contribution in [0.3, 0.4) is 0 Å². The highest BCUT2D eigenvalue weighted by Gasteiger charge is 2.29. The van der Waals surface area contributed by atoms with Crippen molar-refractivity contribution in [2.24, 2.45) is 0 Å². The second-order valence-electron chi connectivity index (χ2n) is 4.67. The fourth-order valence-corrected chi connectivity index (χ4v) is 2.10. The number of carbonyl (C=O) groups excluding carboxylic acids is 2.